The number of hydrogen-bond donors (Lipinski definition) is 1. The van der Waals surface area contributed by atoms with E-state index >= 15 is 0 Å². The van der Waals surface area contributed by atoms with Crippen LogP contribution in [0.25, 0.3) is 0 Å². The first-order valence-electron chi connectivity index (χ1n) is 5.28. The Morgan fingerprint density at radius 3 is 2.87 bits per heavy atom. The standard InChI is InChI=1S/C10H15ClN4/c11-9-7-10(14-8-13-9)12-3-6-15-4-1-2-5-15/h7-8H,1-6H2,(H,12,13,14). The van der Waals surface area contributed by atoms with E-state index in [1.165, 1.54) is 32.3 Å². The molecule has 0 spiro atoms. The fraction of sp³-hybridized carbons (Fsp3) is 0.600. The summed E-state index contributed by atoms with van der Waals surface area (Å²) in [5.74, 6) is 0.800. The molecule has 0 aliphatic carbocycles. The zero-order chi connectivity index (χ0) is 10.5. The summed E-state index contributed by atoms with van der Waals surface area (Å²) in [7, 11) is 0. The van der Waals surface area contributed by atoms with Gasteiger partial charge >= 0.3 is 0 Å². The lowest BCUT2D eigenvalue weighted by molar-refractivity contribution is 0.352. The zero-order valence-electron chi connectivity index (χ0n) is 8.62. The molecule has 15 heavy (non-hydrogen) atoms. The van der Waals surface area contributed by atoms with Crippen molar-refractivity contribution in [3.05, 3.63) is 17.5 Å². The number of anilines is 1. The van der Waals surface area contributed by atoms with E-state index in [0.717, 1.165) is 18.9 Å². The maximum absolute atomic E-state index is 5.75. The zero-order valence-corrected chi connectivity index (χ0v) is 9.37. The molecule has 1 aliphatic rings. The maximum atomic E-state index is 5.75. The Kier molecular flexibility index (Phi) is 3.75. The van der Waals surface area contributed by atoms with E-state index in [-0.39, 0.29) is 0 Å². The summed E-state index contributed by atoms with van der Waals surface area (Å²) in [5.41, 5.74) is 0. The number of nitrogens with zero attached hydrogens (tertiary/aromatic N) is 3. The summed E-state index contributed by atoms with van der Waals surface area (Å²) >= 11 is 5.75. The van der Waals surface area contributed by atoms with Crippen LogP contribution < -0.4 is 5.32 Å². The molecule has 1 aliphatic heterocycles. The summed E-state index contributed by atoms with van der Waals surface area (Å²) in [6.45, 7) is 4.44. The van der Waals surface area contributed by atoms with Crippen molar-refractivity contribution in [2.45, 2.75) is 12.8 Å². The third kappa shape index (κ3) is 3.32. The van der Waals surface area contributed by atoms with Crippen LogP contribution in [0.4, 0.5) is 5.82 Å². The second kappa shape index (κ2) is 5.28. The summed E-state index contributed by atoms with van der Waals surface area (Å²) in [5, 5.41) is 3.72. The Balaban J connectivity index is 1.73. The van der Waals surface area contributed by atoms with Crippen molar-refractivity contribution in [2.75, 3.05) is 31.5 Å². The number of rotatable bonds is 4. The maximum Gasteiger partial charge on any atom is 0.134 e. The van der Waals surface area contributed by atoms with Crippen molar-refractivity contribution < 1.29 is 0 Å². The van der Waals surface area contributed by atoms with E-state index < -0.39 is 0 Å². The molecule has 1 N–H and O–H groups in total. The first-order chi connectivity index (χ1) is 7.34. The van der Waals surface area contributed by atoms with Crippen LogP contribution in [0.5, 0.6) is 0 Å². The molecule has 0 amide bonds. The number of halogens is 1. The average Bonchev–Trinajstić information content (AvgIpc) is 2.71. The molecule has 0 radical (unpaired) electrons. The molecule has 1 aromatic rings. The van der Waals surface area contributed by atoms with Gasteiger partial charge in [-0.15, -0.1) is 0 Å². The van der Waals surface area contributed by atoms with Gasteiger partial charge in [0, 0.05) is 19.2 Å². The minimum Gasteiger partial charge on any atom is -0.369 e. The Bertz CT molecular complexity index is 312. The normalized spacial score (nSPS) is 16.9. The molecule has 1 fully saturated rings. The van der Waals surface area contributed by atoms with Gasteiger partial charge in [0.05, 0.1) is 0 Å². The Morgan fingerprint density at radius 2 is 2.13 bits per heavy atom. The van der Waals surface area contributed by atoms with Crippen molar-refractivity contribution in [3.63, 3.8) is 0 Å². The van der Waals surface area contributed by atoms with E-state index in [2.05, 4.69) is 20.2 Å². The molecule has 0 bridgehead atoms. The Morgan fingerprint density at radius 1 is 1.33 bits per heavy atom. The van der Waals surface area contributed by atoms with Crippen molar-refractivity contribution >= 4 is 17.4 Å². The van der Waals surface area contributed by atoms with Gasteiger partial charge in [-0.05, 0) is 25.9 Å². The van der Waals surface area contributed by atoms with Gasteiger partial charge in [-0.1, -0.05) is 11.6 Å². The first-order valence-corrected chi connectivity index (χ1v) is 5.66. The third-order valence-corrected chi connectivity index (χ3v) is 2.77. The van der Waals surface area contributed by atoms with E-state index in [0.29, 0.717) is 5.15 Å². The van der Waals surface area contributed by atoms with Crippen LogP contribution in [0.3, 0.4) is 0 Å². The smallest absolute Gasteiger partial charge is 0.134 e. The predicted molar refractivity (Wildman–Crippen MR) is 61.2 cm³/mol. The topological polar surface area (TPSA) is 41.0 Å². The van der Waals surface area contributed by atoms with E-state index in [1.54, 1.807) is 6.07 Å². The van der Waals surface area contributed by atoms with Crippen molar-refractivity contribution in [1.29, 1.82) is 0 Å². The largest absolute Gasteiger partial charge is 0.369 e. The van der Waals surface area contributed by atoms with Gasteiger partial charge in [0.15, 0.2) is 0 Å². The molecule has 2 heterocycles. The van der Waals surface area contributed by atoms with Gasteiger partial charge in [-0.3, -0.25) is 0 Å². The molecule has 5 heteroatoms. The summed E-state index contributed by atoms with van der Waals surface area (Å²) < 4.78 is 0. The van der Waals surface area contributed by atoms with Gasteiger partial charge in [-0.25, -0.2) is 9.97 Å². The van der Waals surface area contributed by atoms with Gasteiger partial charge < -0.3 is 10.2 Å². The second-order valence-corrected chi connectivity index (χ2v) is 4.09. The lowest BCUT2D eigenvalue weighted by Gasteiger charge is -2.14. The number of likely N-dealkylation sites (tertiary alicyclic amines) is 1. The molecule has 0 atom stereocenters. The average molecular weight is 227 g/mol. The van der Waals surface area contributed by atoms with Crippen molar-refractivity contribution in [1.82, 2.24) is 14.9 Å². The van der Waals surface area contributed by atoms with Gasteiger partial charge in [0.25, 0.3) is 0 Å². The van der Waals surface area contributed by atoms with Crippen LogP contribution >= 0.6 is 11.6 Å². The number of nitrogens with one attached hydrogen (secondary N) is 1. The Labute approximate surface area is 94.7 Å². The first kappa shape index (κ1) is 10.6. The highest BCUT2D eigenvalue weighted by Gasteiger charge is 2.10. The highest BCUT2D eigenvalue weighted by molar-refractivity contribution is 6.29. The van der Waals surface area contributed by atoms with Gasteiger partial charge in [-0.2, -0.15) is 0 Å². The fourth-order valence-corrected chi connectivity index (χ4v) is 1.93. The molecule has 2 rings (SSSR count). The molecule has 4 nitrogen and oxygen atoms in total. The highest BCUT2D eigenvalue weighted by atomic mass is 35.5. The van der Waals surface area contributed by atoms with Crippen LogP contribution in [0.2, 0.25) is 5.15 Å². The highest BCUT2D eigenvalue weighted by Crippen LogP contribution is 2.09. The summed E-state index contributed by atoms with van der Waals surface area (Å²) in [6.07, 6.45) is 4.14. The van der Waals surface area contributed by atoms with Gasteiger partial charge in [0.2, 0.25) is 0 Å². The van der Waals surface area contributed by atoms with Crippen LogP contribution in [0.15, 0.2) is 12.4 Å². The summed E-state index contributed by atoms with van der Waals surface area (Å²) in [6, 6.07) is 1.74. The van der Waals surface area contributed by atoms with E-state index in [9.17, 15) is 0 Å². The predicted octanol–water partition coefficient (Wildman–Crippen LogP) is 1.64. The molecular formula is C10H15ClN4. The lowest BCUT2D eigenvalue weighted by Crippen LogP contribution is -2.26. The molecule has 82 valence electrons. The fourth-order valence-electron chi connectivity index (χ4n) is 1.78. The van der Waals surface area contributed by atoms with Crippen LogP contribution in [0.1, 0.15) is 12.8 Å². The van der Waals surface area contributed by atoms with Crippen molar-refractivity contribution in [3.8, 4) is 0 Å². The molecule has 0 aromatic carbocycles. The number of aromatic nitrogens is 2. The minimum atomic E-state index is 0.480. The molecule has 1 aromatic heterocycles. The minimum absolute atomic E-state index is 0.480. The molecule has 0 saturated carbocycles. The molecule has 1 saturated heterocycles. The number of hydrogen-bond acceptors (Lipinski definition) is 4. The lowest BCUT2D eigenvalue weighted by atomic mass is 10.4. The van der Waals surface area contributed by atoms with E-state index in [1.807, 2.05) is 0 Å². The Hall–Kier alpha value is -0.870. The van der Waals surface area contributed by atoms with Crippen molar-refractivity contribution in [2.24, 2.45) is 0 Å². The second-order valence-electron chi connectivity index (χ2n) is 3.70. The quantitative estimate of drug-likeness (QED) is 0.793. The molecule has 0 unspecified atom stereocenters. The summed E-state index contributed by atoms with van der Waals surface area (Å²) in [4.78, 5) is 10.4. The van der Waals surface area contributed by atoms with Crippen LogP contribution in [0, 0.1) is 0 Å². The third-order valence-electron chi connectivity index (χ3n) is 2.57. The monoisotopic (exact) mass is 226 g/mol. The van der Waals surface area contributed by atoms with E-state index in [4.69, 9.17) is 11.6 Å². The van der Waals surface area contributed by atoms with Crippen LogP contribution in [-0.4, -0.2) is 41.0 Å². The van der Waals surface area contributed by atoms with Crippen LogP contribution in [-0.2, 0) is 0 Å². The molecular weight excluding hydrogens is 212 g/mol. The van der Waals surface area contributed by atoms with Gasteiger partial charge in [0.1, 0.15) is 17.3 Å². The SMILES string of the molecule is Clc1cc(NCCN2CCCC2)ncn1.